The van der Waals surface area contributed by atoms with Gasteiger partial charge in [-0.15, -0.1) is 0 Å². The molecule has 31 heavy (non-hydrogen) atoms. The molecule has 0 aliphatic carbocycles. The molecule has 1 aromatic heterocycles. The monoisotopic (exact) mass is 420 g/mol. The van der Waals surface area contributed by atoms with E-state index in [9.17, 15) is 4.79 Å². The van der Waals surface area contributed by atoms with Crippen LogP contribution in [0.25, 0.3) is 0 Å². The molecule has 1 N–H and O–H groups in total. The first-order valence-corrected chi connectivity index (χ1v) is 10.0. The lowest BCUT2D eigenvalue weighted by Crippen LogP contribution is -2.29. The van der Waals surface area contributed by atoms with E-state index >= 15 is 0 Å². The predicted molar refractivity (Wildman–Crippen MR) is 115 cm³/mol. The lowest BCUT2D eigenvalue weighted by Gasteiger charge is -2.28. The number of nitrogens with one attached hydrogen (secondary N) is 1. The average molecular weight is 420 g/mol. The van der Waals surface area contributed by atoms with Crippen LogP contribution in [0.3, 0.4) is 0 Å². The number of hydrogen-bond acceptors (Lipinski definition) is 7. The second-order valence-corrected chi connectivity index (χ2v) is 7.00. The van der Waals surface area contributed by atoms with Crippen LogP contribution in [0.4, 0.5) is 5.95 Å². The number of carbonyl (C=O) groups is 1. The molecule has 0 saturated carbocycles. The van der Waals surface area contributed by atoms with Gasteiger partial charge in [-0.3, -0.25) is 0 Å². The minimum atomic E-state index is -0.505. The third kappa shape index (κ3) is 4.09. The minimum Gasteiger partial charge on any atom is -0.493 e. The summed E-state index contributed by atoms with van der Waals surface area (Å²) in [7, 11) is 1.59. The first kappa shape index (κ1) is 20.5. The van der Waals surface area contributed by atoms with Gasteiger partial charge in [-0.2, -0.15) is 10.1 Å². The Labute approximate surface area is 180 Å². The van der Waals surface area contributed by atoms with E-state index < -0.39 is 12.0 Å². The number of nitrogens with zero attached hydrogens (tertiary/aromatic N) is 3. The van der Waals surface area contributed by atoms with Crippen LogP contribution < -0.4 is 14.8 Å². The molecule has 160 valence electrons. The second kappa shape index (κ2) is 8.91. The summed E-state index contributed by atoms with van der Waals surface area (Å²) in [5.74, 6) is 1.33. The number of anilines is 1. The normalized spacial score (nSPS) is 15.1. The minimum absolute atomic E-state index is 0.280. The number of methoxy groups -OCH3 is 1. The van der Waals surface area contributed by atoms with Gasteiger partial charge in [0.2, 0.25) is 5.95 Å². The fourth-order valence-electron chi connectivity index (χ4n) is 3.58. The van der Waals surface area contributed by atoms with Gasteiger partial charge < -0.3 is 19.5 Å². The smallest absolute Gasteiger partial charge is 0.338 e. The highest BCUT2D eigenvalue weighted by molar-refractivity contribution is 5.92. The van der Waals surface area contributed by atoms with E-state index in [1.807, 2.05) is 55.5 Å². The molecule has 2 heterocycles. The Bertz CT molecular complexity index is 1110. The maximum atomic E-state index is 12.8. The van der Waals surface area contributed by atoms with Gasteiger partial charge in [0, 0.05) is 5.70 Å². The lowest BCUT2D eigenvalue weighted by atomic mass is 9.95. The Kier molecular flexibility index (Phi) is 5.88. The SMILES string of the molecule is CCOC(=O)C1=C(C)Nc2ncnn2[C@H]1c1ccc(OCc2ccccc2)c(OC)c1. The van der Waals surface area contributed by atoms with Crippen molar-refractivity contribution in [3.63, 3.8) is 0 Å². The molecule has 8 heteroatoms. The van der Waals surface area contributed by atoms with Gasteiger partial charge in [0.1, 0.15) is 19.0 Å². The molecule has 0 amide bonds. The predicted octanol–water partition coefficient (Wildman–Crippen LogP) is 3.72. The van der Waals surface area contributed by atoms with E-state index in [-0.39, 0.29) is 6.61 Å². The third-order valence-electron chi connectivity index (χ3n) is 5.03. The molecule has 4 rings (SSSR count). The number of carbonyl (C=O) groups excluding carboxylic acids is 1. The standard InChI is InChI=1S/C23H24N4O4/c1-4-30-22(28)20-15(2)26-23-24-14-25-27(23)21(20)17-10-11-18(19(12-17)29-3)31-13-16-8-6-5-7-9-16/h5-12,14,21H,4,13H2,1-3H3,(H,24,25,26)/t21-/m0/s1. The van der Waals surface area contributed by atoms with Crippen LogP contribution in [0, 0.1) is 0 Å². The Morgan fingerprint density at radius 3 is 2.71 bits per heavy atom. The summed E-state index contributed by atoms with van der Waals surface area (Å²) in [5.41, 5.74) is 3.01. The van der Waals surface area contributed by atoms with Crippen molar-refractivity contribution in [1.29, 1.82) is 0 Å². The lowest BCUT2D eigenvalue weighted by molar-refractivity contribution is -0.139. The van der Waals surface area contributed by atoms with Gasteiger partial charge in [0.15, 0.2) is 11.5 Å². The average Bonchev–Trinajstić information content (AvgIpc) is 3.25. The Balaban J connectivity index is 1.69. The van der Waals surface area contributed by atoms with Gasteiger partial charge in [0.05, 0.1) is 19.3 Å². The van der Waals surface area contributed by atoms with E-state index in [0.29, 0.717) is 35.3 Å². The van der Waals surface area contributed by atoms with Gasteiger partial charge in [0.25, 0.3) is 0 Å². The first-order valence-electron chi connectivity index (χ1n) is 10.0. The maximum Gasteiger partial charge on any atom is 0.338 e. The molecule has 0 unspecified atom stereocenters. The molecule has 3 aromatic rings. The van der Waals surface area contributed by atoms with Crippen LogP contribution in [0.5, 0.6) is 11.5 Å². The Morgan fingerprint density at radius 2 is 1.97 bits per heavy atom. The number of aromatic nitrogens is 3. The highest BCUT2D eigenvalue weighted by Crippen LogP contribution is 2.39. The summed E-state index contributed by atoms with van der Waals surface area (Å²) < 4.78 is 18.5. The quantitative estimate of drug-likeness (QED) is 0.583. The molecular formula is C23H24N4O4. The van der Waals surface area contributed by atoms with Crippen molar-refractivity contribution in [2.45, 2.75) is 26.5 Å². The Hall–Kier alpha value is -3.81. The van der Waals surface area contributed by atoms with Crippen LogP contribution in [-0.2, 0) is 16.1 Å². The summed E-state index contributed by atoms with van der Waals surface area (Å²) in [5, 5.41) is 7.44. The second-order valence-electron chi connectivity index (χ2n) is 7.00. The van der Waals surface area contributed by atoms with Crippen molar-refractivity contribution in [1.82, 2.24) is 14.8 Å². The van der Waals surface area contributed by atoms with Gasteiger partial charge in [-0.1, -0.05) is 36.4 Å². The molecule has 0 saturated heterocycles. The fraction of sp³-hybridized carbons (Fsp3) is 0.261. The number of ether oxygens (including phenoxy) is 3. The van der Waals surface area contributed by atoms with Crippen LogP contribution in [0.1, 0.15) is 31.0 Å². The molecule has 8 nitrogen and oxygen atoms in total. The topological polar surface area (TPSA) is 87.5 Å². The van der Waals surface area contributed by atoms with Gasteiger partial charge in [-0.05, 0) is 37.1 Å². The van der Waals surface area contributed by atoms with Crippen molar-refractivity contribution in [3.8, 4) is 11.5 Å². The highest BCUT2D eigenvalue weighted by Gasteiger charge is 2.34. The summed E-state index contributed by atoms with van der Waals surface area (Å²) in [4.78, 5) is 17.0. The van der Waals surface area contributed by atoms with Crippen LogP contribution in [0.15, 0.2) is 66.1 Å². The number of benzene rings is 2. The maximum absolute atomic E-state index is 12.8. The number of fused-ring (bicyclic) bond motifs is 1. The van der Waals surface area contributed by atoms with Crippen LogP contribution in [0.2, 0.25) is 0 Å². The summed E-state index contributed by atoms with van der Waals surface area (Å²) in [6, 6.07) is 15.0. The van der Waals surface area contributed by atoms with E-state index in [1.54, 1.807) is 18.7 Å². The molecule has 0 spiro atoms. The summed E-state index contributed by atoms with van der Waals surface area (Å²) in [6.45, 7) is 4.31. The number of rotatable bonds is 7. The number of hydrogen-bond donors (Lipinski definition) is 1. The van der Waals surface area contributed by atoms with E-state index in [1.165, 1.54) is 6.33 Å². The fourth-order valence-corrected chi connectivity index (χ4v) is 3.58. The zero-order valence-corrected chi connectivity index (χ0v) is 17.7. The molecular weight excluding hydrogens is 396 g/mol. The highest BCUT2D eigenvalue weighted by atomic mass is 16.5. The molecule has 2 aromatic carbocycles. The van der Waals surface area contributed by atoms with Crippen molar-refractivity contribution in [2.75, 3.05) is 19.0 Å². The van der Waals surface area contributed by atoms with Crippen molar-refractivity contribution >= 4 is 11.9 Å². The van der Waals surface area contributed by atoms with Gasteiger partial charge in [-0.25, -0.2) is 9.48 Å². The van der Waals surface area contributed by atoms with Crippen molar-refractivity contribution in [2.24, 2.45) is 0 Å². The van der Waals surface area contributed by atoms with Crippen LogP contribution in [-0.4, -0.2) is 34.5 Å². The summed E-state index contributed by atoms with van der Waals surface area (Å²) >= 11 is 0. The van der Waals surface area contributed by atoms with E-state index in [0.717, 1.165) is 11.1 Å². The molecule has 1 aliphatic rings. The third-order valence-corrected chi connectivity index (χ3v) is 5.03. The number of esters is 1. The number of allylic oxidation sites excluding steroid dienone is 1. The van der Waals surface area contributed by atoms with E-state index in [4.69, 9.17) is 14.2 Å². The molecule has 0 bridgehead atoms. The molecule has 0 fully saturated rings. The molecule has 0 radical (unpaired) electrons. The van der Waals surface area contributed by atoms with Crippen LogP contribution >= 0.6 is 0 Å². The zero-order chi connectivity index (χ0) is 21.8. The van der Waals surface area contributed by atoms with Crippen molar-refractivity contribution in [3.05, 3.63) is 77.3 Å². The van der Waals surface area contributed by atoms with E-state index in [2.05, 4.69) is 15.4 Å². The summed E-state index contributed by atoms with van der Waals surface area (Å²) in [6.07, 6.45) is 1.45. The van der Waals surface area contributed by atoms with Gasteiger partial charge >= 0.3 is 5.97 Å². The Morgan fingerprint density at radius 1 is 1.16 bits per heavy atom. The molecule has 1 atom stereocenters. The molecule has 1 aliphatic heterocycles. The zero-order valence-electron chi connectivity index (χ0n) is 17.7. The van der Waals surface area contributed by atoms with Crippen molar-refractivity contribution < 1.29 is 19.0 Å². The largest absolute Gasteiger partial charge is 0.493 e. The first-order chi connectivity index (χ1) is 15.1.